The molecule has 0 heterocycles. The second-order valence-electron chi connectivity index (χ2n) is 0.970. The number of nitrogens with two attached hydrogens (primary N) is 2. The molecule has 0 aliphatic rings. The van der Waals surface area contributed by atoms with Gasteiger partial charge in [0.1, 0.15) is 0 Å². The lowest BCUT2D eigenvalue weighted by Crippen LogP contribution is -2.20. The summed E-state index contributed by atoms with van der Waals surface area (Å²) in [5.74, 6) is 4.92. The Bertz CT molecular complexity index is 84.9. The molecule has 0 atom stereocenters. The number of hydrogen-bond donors (Lipinski definition) is 3. The molecule has 0 fully saturated rings. The minimum atomic E-state index is 0.625. The first-order chi connectivity index (χ1) is 3.35. The predicted molar refractivity (Wildman–Crippen MR) is 29.8 cm³/mol. The highest BCUT2D eigenvalue weighted by Crippen LogP contribution is 1.78. The van der Waals surface area contributed by atoms with E-state index < -0.39 is 0 Å². The Kier molecular flexibility index (Phi) is 2.79. The summed E-state index contributed by atoms with van der Waals surface area (Å²) in [6, 6.07) is 0. The van der Waals surface area contributed by atoms with Gasteiger partial charge in [0.15, 0.2) is 0 Å². The van der Waals surface area contributed by atoms with E-state index >= 15 is 0 Å². The van der Waals surface area contributed by atoms with E-state index in [4.69, 9.17) is 11.6 Å². The lowest BCUT2D eigenvalue weighted by Gasteiger charge is -1.93. The molecule has 0 saturated heterocycles. The molecule has 3 nitrogen and oxygen atoms in total. The van der Waals surface area contributed by atoms with E-state index in [0.29, 0.717) is 5.70 Å². The number of hydrogen-bond acceptors (Lipinski definition) is 3. The van der Waals surface area contributed by atoms with Crippen molar-refractivity contribution in [2.24, 2.45) is 11.6 Å². The third-order valence-electron chi connectivity index (χ3n) is 0.566. The van der Waals surface area contributed by atoms with Crippen molar-refractivity contribution in [1.29, 1.82) is 0 Å². The zero-order chi connectivity index (χ0) is 5.70. The van der Waals surface area contributed by atoms with Crippen LogP contribution in [0.4, 0.5) is 0 Å². The van der Waals surface area contributed by atoms with Gasteiger partial charge in [0.2, 0.25) is 0 Å². The molecule has 0 aliphatic heterocycles. The molecule has 0 aromatic carbocycles. The Morgan fingerprint density at radius 3 is 2.29 bits per heavy atom. The van der Waals surface area contributed by atoms with Gasteiger partial charge in [-0.05, 0) is 6.08 Å². The molecular formula is C4H9N3. The molecule has 0 aromatic rings. The smallest absolute Gasteiger partial charge is 0.0633 e. The van der Waals surface area contributed by atoms with Crippen LogP contribution in [0.15, 0.2) is 24.6 Å². The van der Waals surface area contributed by atoms with Gasteiger partial charge in [0, 0.05) is 6.20 Å². The molecule has 0 radical (unpaired) electrons. The Labute approximate surface area is 42.7 Å². The van der Waals surface area contributed by atoms with Gasteiger partial charge in [-0.15, -0.1) is 0 Å². The fourth-order valence-corrected chi connectivity index (χ4v) is 0.175. The van der Waals surface area contributed by atoms with Crippen LogP contribution in [-0.2, 0) is 0 Å². The first-order valence-electron chi connectivity index (χ1n) is 1.86. The molecule has 5 N–H and O–H groups in total. The fourth-order valence-electron chi connectivity index (χ4n) is 0.175. The minimum absolute atomic E-state index is 0.625. The standard InChI is InChI=1S/C4H9N3/c1-2-4(3-5)7-6/h2-3,7H,1,5-6H2/b4-3-. The normalized spacial score (nSPS) is 10.7. The van der Waals surface area contributed by atoms with Gasteiger partial charge in [-0.1, -0.05) is 6.58 Å². The van der Waals surface area contributed by atoms with Crippen LogP contribution in [0.25, 0.3) is 0 Å². The summed E-state index contributed by atoms with van der Waals surface area (Å²) >= 11 is 0. The molecule has 0 aliphatic carbocycles. The van der Waals surface area contributed by atoms with Crippen molar-refractivity contribution >= 4 is 0 Å². The van der Waals surface area contributed by atoms with Crippen LogP contribution in [0.2, 0.25) is 0 Å². The second kappa shape index (κ2) is 3.24. The van der Waals surface area contributed by atoms with Gasteiger partial charge in [-0.25, -0.2) is 0 Å². The first kappa shape index (κ1) is 6.04. The highest BCUT2D eigenvalue weighted by atomic mass is 15.2. The Balaban J connectivity index is 3.60. The Morgan fingerprint density at radius 1 is 1.71 bits per heavy atom. The highest BCUT2D eigenvalue weighted by molar-refractivity contribution is 5.10. The third kappa shape index (κ3) is 1.83. The lowest BCUT2D eigenvalue weighted by molar-refractivity contribution is 0.912. The summed E-state index contributed by atoms with van der Waals surface area (Å²) in [4.78, 5) is 0. The van der Waals surface area contributed by atoms with Crippen LogP contribution in [0, 0.1) is 0 Å². The molecule has 0 bridgehead atoms. The van der Waals surface area contributed by atoms with E-state index in [0.717, 1.165) is 0 Å². The Hall–Kier alpha value is -0.960. The number of hydrazine groups is 1. The van der Waals surface area contributed by atoms with Crippen LogP contribution < -0.4 is 17.0 Å². The third-order valence-corrected chi connectivity index (χ3v) is 0.566. The van der Waals surface area contributed by atoms with Crippen molar-refractivity contribution in [2.75, 3.05) is 0 Å². The van der Waals surface area contributed by atoms with Gasteiger partial charge in [0.05, 0.1) is 5.70 Å². The van der Waals surface area contributed by atoms with Crippen molar-refractivity contribution in [3.05, 3.63) is 24.6 Å². The van der Waals surface area contributed by atoms with Crippen LogP contribution in [0.3, 0.4) is 0 Å². The van der Waals surface area contributed by atoms with Gasteiger partial charge in [-0.3, -0.25) is 5.84 Å². The second-order valence-corrected chi connectivity index (χ2v) is 0.970. The van der Waals surface area contributed by atoms with Crippen molar-refractivity contribution in [2.45, 2.75) is 0 Å². The topological polar surface area (TPSA) is 64.1 Å². The Morgan fingerprint density at radius 2 is 2.29 bits per heavy atom. The maximum Gasteiger partial charge on any atom is 0.0633 e. The number of allylic oxidation sites excluding steroid dienone is 1. The molecule has 40 valence electrons. The SMILES string of the molecule is C=C/C(=C/N)NN. The molecule has 7 heavy (non-hydrogen) atoms. The van der Waals surface area contributed by atoms with E-state index in [1.54, 1.807) is 0 Å². The van der Waals surface area contributed by atoms with E-state index in [-0.39, 0.29) is 0 Å². The van der Waals surface area contributed by atoms with Gasteiger partial charge < -0.3 is 11.2 Å². The van der Waals surface area contributed by atoms with Crippen molar-refractivity contribution in [3.8, 4) is 0 Å². The summed E-state index contributed by atoms with van der Waals surface area (Å²) in [6.07, 6.45) is 2.87. The molecule has 0 aromatic heterocycles. The zero-order valence-electron chi connectivity index (χ0n) is 4.02. The van der Waals surface area contributed by atoms with Gasteiger partial charge in [0.25, 0.3) is 0 Å². The van der Waals surface area contributed by atoms with Crippen molar-refractivity contribution < 1.29 is 0 Å². The van der Waals surface area contributed by atoms with Crippen LogP contribution in [-0.4, -0.2) is 0 Å². The maximum absolute atomic E-state index is 5.02. The van der Waals surface area contributed by atoms with Crippen LogP contribution in [0.1, 0.15) is 0 Å². The molecule has 0 spiro atoms. The first-order valence-corrected chi connectivity index (χ1v) is 1.86. The zero-order valence-corrected chi connectivity index (χ0v) is 4.02. The average Bonchev–Trinajstić information content (AvgIpc) is 1.72. The quantitative estimate of drug-likeness (QED) is 0.247. The van der Waals surface area contributed by atoms with Crippen molar-refractivity contribution in [1.82, 2.24) is 5.43 Å². The minimum Gasteiger partial charge on any atom is -0.403 e. The summed E-state index contributed by atoms with van der Waals surface area (Å²) in [5, 5.41) is 0. The molecule has 3 heteroatoms. The van der Waals surface area contributed by atoms with Gasteiger partial charge in [-0.2, -0.15) is 0 Å². The van der Waals surface area contributed by atoms with E-state index in [2.05, 4.69) is 12.0 Å². The molecule has 0 rings (SSSR count). The summed E-state index contributed by atoms with van der Waals surface area (Å²) in [5.41, 5.74) is 7.96. The summed E-state index contributed by atoms with van der Waals surface area (Å²) in [7, 11) is 0. The van der Waals surface area contributed by atoms with Gasteiger partial charge >= 0.3 is 0 Å². The fraction of sp³-hybridized carbons (Fsp3) is 0. The maximum atomic E-state index is 5.02. The summed E-state index contributed by atoms with van der Waals surface area (Å²) in [6.45, 7) is 3.41. The van der Waals surface area contributed by atoms with Crippen LogP contribution in [0.5, 0.6) is 0 Å². The number of nitrogens with one attached hydrogen (secondary N) is 1. The van der Waals surface area contributed by atoms with Crippen molar-refractivity contribution in [3.63, 3.8) is 0 Å². The average molecular weight is 99.1 g/mol. The largest absolute Gasteiger partial charge is 0.403 e. The van der Waals surface area contributed by atoms with Crippen LogP contribution >= 0.6 is 0 Å². The molecular weight excluding hydrogens is 90.1 g/mol. The van der Waals surface area contributed by atoms with E-state index in [9.17, 15) is 0 Å². The predicted octanol–water partition coefficient (Wildman–Crippen LogP) is -0.564. The number of rotatable bonds is 2. The highest BCUT2D eigenvalue weighted by Gasteiger charge is 1.75. The molecule has 0 amide bonds. The van der Waals surface area contributed by atoms with E-state index in [1.807, 2.05) is 0 Å². The monoisotopic (exact) mass is 99.1 g/mol. The van der Waals surface area contributed by atoms with E-state index in [1.165, 1.54) is 12.3 Å². The molecule has 0 saturated carbocycles. The lowest BCUT2D eigenvalue weighted by atomic mass is 10.5. The molecule has 0 unspecified atom stereocenters. The summed E-state index contributed by atoms with van der Waals surface area (Å²) < 4.78 is 0.